The van der Waals surface area contributed by atoms with Gasteiger partial charge in [0.25, 0.3) is 0 Å². The fourth-order valence-electron chi connectivity index (χ4n) is 4.14. The Hall–Kier alpha value is -0.800. The maximum atomic E-state index is 6.13. The summed E-state index contributed by atoms with van der Waals surface area (Å²) in [6, 6.07) is 1.74. The summed E-state index contributed by atoms with van der Waals surface area (Å²) in [6.07, 6.45) is 11.7. The summed E-state index contributed by atoms with van der Waals surface area (Å²) in [6.45, 7) is 0. The number of nitrogens with one attached hydrogen (secondary N) is 1. The highest BCUT2D eigenvalue weighted by Crippen LogP contribution is 2.34. The third-order valence-corrected chi connectivity index (χ3v) is 5.09. The van der Waals surface area contributed by atoms with Gasteiger partial charge in [-0.05, 0) is 31.4 Å². The van der Waals surface area contributed by atoms with Crippen LogP contribution in [0.4, 0.5) is 0 Å². The van der Waals surface area contributed by atoms with E-state index in [4.69, 9.17) is 11.5 Å². The molecule has 3 aliphatic rings. The smallest absolute Gasteiger partial charge is 0.115 e. The molecule has 0 aromatic carbocycles. The van der Waals surface area contributed by atoms with Crippen LogP contribution >= 0.6 is 0 Å². The number of likely N-dealkylation sites (tertiary alicyclic amines) is 1. The molecule has 3 heteroatoms. The van der Waals surface area contributed by atoms with Gasteiger partial charge in [0.05, 0.1) is 13.1 Å². The van der Waals surface area contributed by atoms with E-state index in [0.29, 0.717) is 18.0 Å². The Balaban J connectivity index is 1.83. The highest BCUT2D eigenvalue weighted by atomic mass is 15.2. The predicted octanol–water partition coefficient (Wildman–Crippen LogP) is -0.202. The summed E-state index contributed by atoms with van der Waals surface area (Å²) in [7, 11) is 2.33. The van der Waals surface area contributed by atoms with Crippen LogP contribution in [-0.4, -0.2) is 25.2 Å². The summed E-state index contributed by atoms with van der Waals surface area (Å²) in [4.78, 5) is 1.63. The molecule has 5 N–H and O–H groups in total. The summed E-state index contributed by atoms with van der Waals surface area (Å²) < 4.78 is 0. The van der Waals surface area contributed by atoms with Gasteiger partial charge in [-0.25, -0.2) is 0 Å². The van der Waals surface area contributed by atoms with Crippen LogP contribution in [0.5, 0.6) is 0 Å². The zero-order valence-electron chi connectivity index (χ0n) is 10.6. The molecule has 1 heterocycles. The average Bonchev–Trinajstić information content (AvgIpc) is 2.32. The van der Waals surface area contributed by atoms with Crippen LogP contribution in [0.2, 0.25) is 0 Å². The third kappa shape index (κ3) is 1.91. The first kappa shape index (κ1) is 11.3. The molecule has 1 saturated carbocycles. The van der Waals surface area contributed by atoms with Crippen molar-refractivity contribution in [2.75, 3.05) is 7.05 Å². The molecule has 0 bridgehead atoms. The molecule has 1 aliphatic heterocycles. The molecular formula is C14H24N3+. The van der Waals surface area contributed by atoms with Crippen LogP contribution in [0.3, 0.4) is 0 Å². The molecule has 0 aromatic heterocycles. The van der Waals surface area contributed by atoms with Gasteiger partial charge in [-0.15, -0.1) is 0 Å². The van der Waals surface area contributed by atoms with Gasteiger partial charge in [-0.2, -0.15) is 0 Å². The van der Waals surface area contributed by atoms with Crippen molar-refractivity contribution >= 4 is 0 Å². The van der Waals surface area contributed by atoms with Gasteiger partial charge in [0.15, 0.2) is 0 Å². The second-order valence-corrected chi connectivity index (χ2v) is 6.13. The van der Waals surface area contributed by atoms with E-state index in [1.165, 1.54) is 25.7 Å². The predicted molar refractivity (Wildman–Crippen MR) is 69.3 cm³/mol. The van der Waals surface area contributed by atoms with Crippen LogP contribution in [0.25, 0.3) is 0 Å². The van der Waals surface area contributed by atoms with Crippen molar-refractivity contribution in [1.29, 1.82) is 0 Å². The summed E-state index contributed by atoms with van der Waals surface area (Å²) in [5, 5.41) is 0. The van der Waals surface area contributed by atoms with Gasteiger partial charge in [0, 0.05) is 30.0 Å². The van der Waals surface area contributed by atoms with Crippen LogP contribution in [0.1, 0.15) is 25.7 Å². The van der Waals surface area contributed by atoms with Crippen molar-refractivity contribution in [1.82, 2.24) is 0 Å². The number of hydrogen-bond donors (Lipinski definition) is 3. The average molecular weight is 234 g/mol. The van der Waals surface area contributed by atoms with E-state index in [1.807, 2.05) is 0 Å². The molecular weight excluding hydrogens is 210 g/mol. The molecule has 1 saturated heterocycles. The maximum absolute atomic E-state index is 6.13. The highest BCUT2D eigenvalue weighted by molar-refractivity contribution is 5.24. The van der Waals surface area contributed by atoms with Crippen molar-refractivity contribution < 1.29 is 4.90 Å². The van der Waals surface area contributed by atoms with Crippen molar-refractivity contribution in [2.45, 2.75) is 43.8 Å². The number of likely N-dealkylation sites (N-methyl/N-ethyl adjacent to an activating group) is 1. The van der Waals surface area contributed by atoms with Crippen LogP contribution in [-0.2, 0) is 0 Å². The Morgan fingerprint density at radius 3 is 2.94 bits per heavy atom. The second kappa shape index (κ2) is 4.14. The molecule has 3 rings (SSSR count). The number of nitrogens with two attached hydrogens (primary N) is 2. The highest BCUT2D eigenvalue weighted by Gasteiger charge is 2.45. The van der Waals surface area contributed by atoms with Gasteiger partial charge in [-0.3, -0.25) is 0 Å². The Labute approximate surface area is 104 Å². The minimum atomic E-state index is 0.420. The lowest BCUT2D eigenvalue weighted by Gasteiger charge is -2.48. The molecule has 2 aliphatic carbocycles. The van der Waals surface area contributed by atoms with E-state index >= 15 is 0 Å². The second-order valence-electron chi connectivity index (χ2n) is 6.13. The molecule has 6 atom stereocenters. The first-order valence-electron chi connectivity index (χ1n) is 6.89. The van der Waals surface area contributed by atoms with E-state index in [-0.39, 0.29) is 0 Å². The van der Waals surface area contributed by atoms with E-state index in [9.17, 15) is 0 Å². The third-order valence-electron chi connectivity index (χ3n) is 5.09. The van der Waals surface area contributed by atoms with Gasteiger partial charge < -0.3 is 16.4 Å². The van der Waals surface area contributed by atoms with Crippen LogP contribution < -0.4 is 16.4 Å². The number of rotatable bonds is 0. The first-order chi connectivity index (χ1) is 8.15. The van der Waals surface area contributed by atoms with Crippen molar-refractivity contribution in [3.05, 3.63) is 23.9 Å². The Kier molecular flexibility index (Phi) is 2.75. The molecule has 17 heavy (non-hydrogen) atoms. The number of piperidine rings is 1. The molecule has 94 valence electrons. The van der Waals surface area contributed by atoms with Gasteiger partial charge in [0.1, 0.15) is 6.04 Å². The molecule has 3 nitrogen and oxygen atoms in total. The van der Waals surface area contributed by atoms with Crippen molar-refractivity contribution in [3.8, 4) is 0 Å². The Bertz CT molecular complexity index is 360. The number of allylic oxidation sites excluding steroid dienone is 1. The maximum Gasteiger partial charge on any atom is 0.115 e. The van der Waals surface area contributed by atoms with Gasteiger partial charge >= 0.3 is 0 Å². The van der Waals surface area contributed by atoms with Crippen LogP contribution in [0, 0.1) is 11.8 Å². The van der Waals surface area contributed by atoms with Gasteiger partial charge in [-0.1, -0.05) is 6.08 Å². The monoisotopic (exact) mass is 234 g/mol. The number of fused-ring (bicyclic) bond motifs is 2. The molecule has 0 spiro atoms. The molecule has 2 fully saturated rings. The van der Waals surface area contributed by atoms with E-state index in [1.54, 1.807) is 4.90 Å². The summed E-state index contributed by atoms with van der Waals surface area (Å²) >= 11 is 0. The lowest BCUT2D eigenvalue weighted by Crippen LogP contribution is -3.19. The fraction of sp³-hybridized carbons (Fsp3) is 0.714. The zero-order valence-corrected chi connectivity index (χ0v) is 10.6. The zero-order chi connectivity index (χ0) is 12.0. The fourth-order valence-corrected chi connectivity index (χ4v) is 4.14. The SMILES string of the molecule is C[NH+]1C2C=C(N)C=CC2C[C@H]2CC[C@@H](N)C[C@H]21. The standard InChI is InChI=1S/C14H23N3/c1-17-13-7-11(15)4-2-9(13)6-10-3-5-12(16)8-14(10)17/h2,4,7,9-10,12-14H,3,5-6,8,15-16H2,1H3/p+1/t9?,10-,12-,13?,14-/m1/s1. The minimum Gasteiger partial charge on any atom is -0.399 e. The Morgan fingerprint density at radius 2 is 2.12 bits per heavy atom. The van der Waals surface area contributed by atoms with E-state index < -0.39 is 0 Å². The number of hydrogen-bond acceptors (Lipinski definition) is 2. The van der Waals surface area contributed by atoms with Crippen molar-refractivity contribution in [3.63, 3.8) is 0 Å². The molecule has 0 radical (unpaired) electrons. The quantitative estimate of drug-likeness (QED) is 0.543. The Morgan fingerprint density at radius 1 is 1.29 bits per heavy atom. The van der Waals surface area contributed by atoms with Gasteiger partial charge in [0.2, 0.25) is 0 Å². The van der Waals surface area contributed by atoms with Crippen molar-refractivity contribution in [2.24, 2.45) is 23.3 Å². The van der Waals surface area contributed by atoms with E-state index in [2.05, 4.69) is 25.3 Å². The molecule has 0 amide bonds. The number of quaternary nitrogens is 1. The minimum absolute atomic E-state index is 0.420. The normalized spacial score (nSPS) is 49.2. The topological polar surface area (TPSA) is 56.5 Å². The summed E-state index contributed by atoms with van der Waals surface area (Å²) in [5.41, 5.74) is 13.0. The van der Waals surface area contributed by atoms with E-state index in [0.717, 1.165) is 17.7 Å². The lowest BCUT2D eigenvalue weighted by molar-refractivity contribution is -0.939. The molecule has 0 aromatic rings. The van der Waals surface area contributed by atoms with Crippen LogP contribution in [0.15, 0.2) is 23.9 Å². The lowest BCUT2D eigenvalue weighted by atomic mass is 9.70. The largest absolute Gasteiger partial charge is 0.399 e. The molecule has 3 unspecified atom stereocenters. The summed E-state index contributed by atoms with van der Waals surface area (Å²) in [5.74, 6) is 1.56. The first-order valence-corrected chi connectivity index (χ1v) is 6.89.